The Balaban J connectivity index is 2.11. The zero-order valence-electron chi connectivity index (χ0n) is 13.8. The highest BCUT2D eigenvalue weighted by atomic mass is 32.2. The summed E-state index contributed by atoms with van der Waals surface area (Å²) >= 11 is 0. The van der Waals surface area contributed by atoms with Crippen LogP contribution < -0.4 is 5.32 Å². The molecule has 7 nitrogen and oxygen atoms in total. The lowest BCUT2D eigenvalue weighted by Crippen LogP contribution is -2.43. The van der Waals surface area contributed by atoms with Crippen molar-refractivity contribution in [1.29, 1.82) is 0 Å². The van der Waals surface area contributed by atoms with Crippen LogP contribution in [0.4, 0.5) is 5.69 Å². The molecule has 0 radical (unpaired) electrons. The Hall–Kier alpha value is -1.93. The van der Waals surface area contributed by atoms with Crippen molar-refractivity contribution in [3.05, 3.63) is 29.8 Å². The third-order valence-electron chi connectivity index (χ3n) is 3.90. The summed E-state index contributed by atoms with van der Waals surface area (Å²) in [6.07, 6.45) is 2.38. The first-order chi connectivity index (χ1) is 11.3. The van der Waals surface area contributed by atoms with Crippen LogP contribution in [-0.4, -0.2) is 50.6 Å². The number of benzene rings is 1. The van der Waals surface area contributed by atoms with E-state index in [4.69, 9.17) is 4.74 Å². The second kappa shape index (κ2) is 7.76. The first-order valence-electron chi connectivity index (χ1n) is 7.85. The van der Waals surface area contributed by atoms with Crippen molar-refractivity contribution >= 4 is 27.6 Å². The number of hydrogen-bond donors (Lipinski definition) is 1. The highest BCUT2D eigenvalue weighted by Crippen LogP contribution is 2.22. The van der Waals surface area contributed by atoms with E-state index in [1.54, 1.807) is 31.2 Å². The van der Waals surface area contributed by atoms with E-state index >= 15 is 0 Å². The fraction of sp³-hybridized carbons (Fsp3) is 0.500. The lowest BCUT2D eigenvalue weighted by molar-refractivity contribution is -0.120. The molecule has 2 rings (SSSR count). The molecule has 1 aromatic rings. The van der Waals surface area contributed by atoms with Gasteiger partial charge in [-0.15, -0.1) is 0 Å². The Morgan fingerprint density at radius 3 is 2.71 bits per heavy atom. The van der Waals surface area contributed by atoms with E-state index in [0.29, 0.717) is 25.1 Å². The van der Waals surface area contributed by atoms with E-state index in [1.165, 1.54) is 4.31 Å². The molecular weight excluding hydrogens is 332 g/mol. The van der Waals surface area contributed by atoms with E-state index in [2.05, 4.69) is 5.32 Å². The van der Waals surface area contributed by atoms with Gasteiger partial charge in [0, 0.05) is 13.1 Å². The molecule has 0 bridgehead atoms. The number of hydrogen-bond acceptors (Lipinski definition) is 5. The predicted octanol–water partition coefficient (Wildman–Crippen LogP) is 1.47. The standard InChI is InChI=1S/C16H22N2O5S/c1-3-23-16(20)13-8-4-5-9-14(13)17-15(19)12-7-6-10-18(11-12)24(2,21)22/h4-5,8-9,12H,3,6-7,10-11H2,1-2H3,(H,17,19). The van der Waals surface area contributed by atoms with E-state index in [0.717, 1.165) is 6.26 Å². The number of carbonyl (C=O) groups excluding carboxylic acids is 2. The predicted molar refractivity (Wildman–Crippen MR) is 90.2 cm³/mol. The number of carbonyl (C=O) groups is 2. The quantitative estimate of drug-likeness (QED) is 0.809. The van der Waals surface area contributed by atoms with E-state index in [9.17, 15) is 18.0 Å². The summed E-state index contributed by atoms with van der Waals surface area (Å²) in [7, 11) is -3.31. The van der Waals surface area contributed by atoms with Gasteiger partial charge in [-0.25, -0.2) is 17.5 Å². The molecule has 1 amide bonds. The SMILES string of the molecule is CCOC(=O)c1ccccc1NC(=O)C1CCCN(S(C)(=O)=O)C1. The topological polar surface area (TPSA) is 92.8 Å². The molecule has 8 heteroatoms. The second-order valence-electron chi connectivity index (χ2n) is 5.72. The van der Waals surface area contributed by atoms with Gasteiger partial charge in [0.2, 0.25) is 15.9 Å². The summed E-state index contributed by atoms with van der Waals surface area (Å²) in [4.78, 5) is 24.4. The van der Waals surface area contributed by atoms with Crippen molar-refractivity contribution in [2.45, 2.75) is 19.8 Å². The van der Waals surface area contributed by atoms with Gasteiger partial charge >= 0.3 is 5.97 Å². The van der Waals surface area contributed by atoms with E-state index < -0.39 is 21.9 Å². The van der Waals surface area contributed by atoms with Crippen molar-refractivity contribution in [2.24, 2.45) is 5.92 Å². The second-order valence-corrected chi connectivity index (χ2v) is 7.70. The minimum Gasteiger partial charge on any atom is -0.462 e. The molecule has 0 spiro atoms. The van der Waals surface area contributed by atoms with Gasteiger partial charge in [0.15, 0.2) is 0 Å². The van der Waals surface area contributed by atoms with Crippen LogP contribution in [0, 0.1) is 5.92 Å². The number of para-hydroxylation sites is 1. The van der Waals surface area contributed by atoms with Gasteiger partial charge in [-0.2, -0.15) is 0 Å². The molecule has 0 aromatic heterocycles. The maximum Gasteiger partial charge on any atom is 0.340 e. The van der Waals surface area contributed by atoms with Gasteiger partial charge in [-0.3, -0.25) is 4.79 Å². The van der Waals surface area contributed by atoms with Crippen molar-refractivity contribution < 1.29 is 22.7 Å². The summed E-state index contributed by atoms with van der Waals surface area (Å²) < 4.78 is 29.6. The summed E-state index contributed by atoms with van der Waals surface area (Å²) in [5, 5.41) is 2.73. The Kier molecular flexibility index (Phi) is 5.95. The van der Waals surface area contributed by atoms with E-state index in [-0.39, 0.29) is 24.6 Å². The molecular formula is C16H22N2O5S. The molecule has 1 aromatic carbocycles. The first kappa shape index (κ1) is 18.4. The molecule has 1 fully saturated rings. The van der Waals surface area contributed by atoms with Crippen LogP contribution in [0.3, 0.4) is 0 Å². The Morgan fingerprint density at radius 1 is 1.33 bits per heavy atom. The molecule has 1 aliphatic rings. The molecule has 1 unspecified atom stereocenters. The van der Waals surface area contributed by atoms with E-state index in [1.807, 2.05) is 0 Å². The molecule has 0 aliphatic carbocycles. The minimum atomic E-state index is -3.31. The fourth-order valence-corrected chi connectivity index (χ4v) is 3.58. The zero-order chi connectivity index (χ0) is 17.7. The largest absolute Gasteiger partial charge is 0.462 e. The van der Waals surface area contributed by atoms with Crippen molar-refractivity contribution in [3.8, 4) is 0 Å². The van der Waals surface area contributed by atoms with Crippen LogP contribution in [0.1, 0.15) is 30.1 Å². The van der Waals surface area contributed by atoms with Crippen LogP contribution in [0.15, 0.2) is 24.3 Å². The number of amides is 1. The Bertz CT molecular complexity index is 717. The van der Waals surface area contributed by atoms with Gasteiger partial charge in [0.1, 0.15) is 0 Å². The lowest BCUT2D eigenvalue weighted by atomic mass is 9.98. The molecule has 132 valence electrons. The minimum absolute atomic E-state index is 0.159. The Labute approximate surface area is 142 Å². The number of anilines is 1. The maximum absolute atomic E-state index is 12.5. The smallest absolute Gasteiger partial charge is 0.340 e. The van der Waals surface area contributed by atoms with Crippen molar-refractivity contribution in [1.82, 2.24) is 4.31 Å². The average molecular weight is 354 g/mol. The van der Waals surface area contributed by atoms with Crippen LogP contribution >= 0.6 is 0 Å². The summed E-state index contributed by atoms with van der Waals surface area (Å²) in [6, 6.07) is 6.61. The lowest BCUT2D eigenvalue weighted by Gasteiger charge is -2.30. The molecule has 1 atom stereocenters. The van der Waals surface area contributed by atoms with Crippen LogP contribution in [-0.2, 0) is 19.6 Å². The molecule has 0 saturated carbocycles. The molecule has 1 saturated heterocycles. The van der Waals surface area contributed by atoms with Gasteiger partial charge < -0.3 is 10.1 Å². The highest BCUT2D eigenvalue weighted by molar-refractivity contribution is 7.88. The highest BCUT2D eigenvalue weighted by Gasteiger charge is 2.30. The maximum atomic E-state index is 12.5. The number of nitrogens with zero attached hydrogens (tertiary/aromatic N) is 1. The number of sulfonamides is 1. The number of ether oxygens (including phenoxy) is 1. The fourth-order valence-electron chi connectivity index (χ4n) is 2.67. The normalized spacial score (nSPS) is 18.8. The van der Waals surface area contributed by atoms with Gasteiger partial charge in [-0.1, -0.05) is 12.1 Å². The van der Waals surface area contributed by atoms with Crippen LogP contribution in [0.5, 0.6) is 0 Å². The zero-order valence-corrected chi connectivity index (χ0v) is 14.6. The third kappa shape index (κ3) is 4.55. The summed E-state index contributed by atoms with van der Waals surface area (Å²) in [6.45, 7) is 2.54. The number of nitrogens with one attached hydrogen (secondary N) is 1. The summed E-state index contributed by atoms with van der Waals surface area (Å²) in [5.41, 5.74) is 0.654. The van der Waals surface area contributed by atoms with Gasteiger partial charge in [-0.05, 0) is 31.9 Å². The van der Waals surface area contributed by atoms with Gasteiger partial charge in [0.25, 0.3) is 0 Å². The van der Waals surface area contributed by atoms with Crippen LogP contribution in [0.2, 0.25) is 0 Å². The molecule has 1 heterocycles. The molecule has 1 aliphatic heterocycles. The van der Waals surface area contributed by atoms with Crippen LogP contribution in [0.25, 0.3) is 0 Å². The first-order valence-corrected chi connectivity index (χ1v) is 9.70. The number of esters is 1. The molecule has 1 N–H and O–H groups in total. The summed E-state index contributed by atoms with van der Waals surface area (Å²) in [5.74, 6) is -1.24. The Morgan fingerprint density at radius 2 is 2.04 bits per heavy atom. The number of piperidine rings is 1. The molecule has 24 heavy (non-hydrogen) atoms. The monoisotopic (exact) mass is 354 g/mol. The third-order valence-corrected chi connectivity index (χ3v) is 5.17. The average Bonchev–Trinajstić information content (AvgIpc) is 2.55. The van der Waals surface area contributed by atoms with Gasteiger partial charge in [0.05, 0.1) is 30.0 Å². The van der Waals surface area contributed by atoms with Crippen molar-refractivity contribution in [3.63, 3.8) is 0 Å². The van der Waals surface area contributed by atoms with Crippen molar-refractivity contribution in [2.75, 3.05) is 31.3 Å². The number of rotatable bonds is 5.